The standard InChI is InChI=1S/C31H28O4/c1-2-33-31(32)28-17-15-24(16-18-28)13-14-27-19-29(34-22-25-9-5-3-6-10-25)21-30(20-27)35-23-26-11-7-4-8-12-26/h3-21H,2,22-23H2,1H3/b14-13+. The van der Waals surface area contributed by atoms with E-state index in [9.17, 15) is 4.79 Å². The number of esters is 1. The van der Waals surface area contributed by atoms with E-state index in [1.807, 2.05) is 103 Å². The Morgan fingerprint density at radius 1 is 0.657 bits per heavy atom. The van der Waals surface area contributed by atoms with Crippen molar-refractivity contribution in [1.29, 1.82) is 0 Å². The molecule has 0 fully saturated rings. The van der Waals surface area contributed by atoms with Gasteiger partial charge in [0.15, 0.2) is 0 Å². The molecule has 4 rings (SSSR count). The third kappa shape index (κ3) is 7.34. The Morgan fingerprint density at radius 3 is 1.69 bits per heavy atom. The molecular formula is C31H28O4. The van der Waals surface area contributed by atoms with Gasteiger partial charge in [-0.1, -0.05) is 84.9 Å². The molecule has 0 aliphatic heterocycles. The maximum absolute atomic E-state index is 11.9. The molecule has 0 aromatic heterocycles. The van der Waals surface area contributed by atoms with Crippen molar-refractivity contribution in [2.45, 2.75) is 20.1 Å². The van der Waals surface area contributed by atoms with Gasteiger partial charge in [0, 0.05) is 6.07 Å². The Labute approximate surface area is 206 Å². The predicted octanol–water partition coefficient (Wildman–Crippen LogP) is 7.19. The lowest BCUT2D eigenvalue weighted by Crippen LogP contribution is -2.03. The van der Waals surface area contributed by atoms with Crippen LogP contribution in [0.15, 0.2) is 103 Å². The Morgan fingerprint density at radius 2 is 1.17 bits per heavy atom. The maximum Gasteiger partial charge on any atom is 0.338 e. The number of carbonyl (C=O) groups is 1. The molecule has 4 aromatic rings. The van der Waals surface area contributed by atoms with E-state index in [0.29, 0.717) is 25.4 Å². The van der Waals surface area contributed by atoms with Gasteiger partial charge in [-0.2, -0.15) is 0 Å². The van der Waals surface area contributed by atoms with E-state index in [2.05, 4.69) is 0 Å². The van der Waals surface area contributed by atoms with E-state index in [1.165, 1.54) is 0 Å². The first-order chi connectivity index (χ1) is 17.2. The van der Waals surface area contributed by atoms with Crippen LogP contribution in [0.5, 0.6) is 11.5 Å². The van der Waals surface area contributed by atoms with E-state index >= 15 is 0 Å². The van der Waals surface area contributed by atoms with Crippen LogP contribution in [-0.2, 0) is 18.0 Å². The van der Waals surface area contributed by atoms with Crippen molar-refractivity contribution in [3.05, 3.63) is 131 Å². The van der Waals surface area contributed by atoms with E-state index in [1.54, 1.807) is 19.1 Å². The van der Waals surface area contributed by atoms with Crippen molar-refractivity contribution in [1.82, 2.24) is 0 Å². The molecule has 0 aliphatic rings. The zero-order valence-electron chi connectivity index (χ0n) is 19.7. The second-order valence-corrected chi connectivity index (χ2v) is 7.96. The van der Waals surface area contributed by atoms with Gasteiger partial charge in [0.2, 0.25) is 0 Å². The Balaban J connectivity index is 1.51. The summed E-state index contributed by atoms with van der Waals surface area (Å²) in [6, 6.07) is 33.3. The highest BCUT2D eigenvalue weighted by molar-refractivity contribution is 5.89. The van der Waals surface area contributed by atoms with Crippen molar-refractivity contribution >= 4 is 18.1 Å². The van der Waals surface area contributed by atoms with Crippen LogP contribution in [0.4, 0.5) is 0 Å². The highest BCUT2D eigenvalue weighted by Gasteiger charge is 2.06. The fourth-order valence-electron chi connectivity index (χ4n) is 3.48. The second-order valence-electron chi connectivity index (χ2n) is 7.96. The Kier molecular flexibility index (Phi) is 8.33. The van der Waals surface area contributed by atoms with Crippen molar-refractivity contribution in [2.24, 2.45) is 0 Å². The summed E-state index contributed by atoms with van der Waals surface area (Å²) in [7, 11) is 0. The zero-order valence-corrected chi connectivity index (χ0v) is 19.7. The molecule has 0 saturated heterocycles. The summed E-state index contributed by atoms with van der Waals surface area (Å²) in [4.78, 5) is 11.9. The first-order valence-electron chi connectivity index (χ1n) is 11.6. The molecule has 0 N–H and O–H groups in total. The van der Waals surface area contributed by atoms with Crippen LogP contribution in [0.1, 0.15) is 39.5 Å². The molecule has 0 radical (unpaired) electrons. The summed E-state index contributed by atoms with van der Waals surface area (Å²) >= 11 is 0. The smallest absolute Gasteiger partial charge is 0.338 e. The lowest BCUT2D eigenvalue weighted by molar-refractivity contribution is 0.0526. The van der Waals surface area contributed by atoms with Crippen molar-refractivity contribution in [3.8, 4) is 11.5 Å². The normalized spacial score (nSPS) is 10.8. The molecule has 0 amide bonds. The number of hydrogen-bond acceptors (Lipinski definition) is 4. The van der Waals surface area contributed by atoms with Crippen LogP contribution >= 0.6 is 0 Å². The Bertz CT molecular complexity index is 1180. The van der Waals surface area contributed by atoms with Gasteiger partial charge in [0.05, 0.1) is 12.2 Å². The van der Waals surface area contributed by atoms with Gasteiger partial charge in [-0.3, -0.25) is 0 Å². The third-order valence-corrected chi connectivity index (χ3v) is 5.29. The second kappa shape index (κ2) is 12.2. The summed E-state index contributed by atoms with van der Waals surface area (Å²) in [5.41, 5.74) is 4.66. The SMILES string of the molecule is CCOC(=O)c1ccc(/C=C/c2cc(OCc3ccccc3)cc(OCc3ccccc3)c2)cc1. The van der Waals surface area contributed by atoms with E-state index in [4.69, 9.17) is 14.2 Å². The molecule has 0 spiro atoms. The molecule has 176 valence electrons. The van der Waals surface area contributed by atoms with Gasteiger partial charge in [-0.25, -0.2) is 4.79 Å². The summed E-state index contributed by atoms with van der Waals surface area (Å²) in [6.45, 7) is 3.10. The van der Waals surface area contributed by atoms with Crippen LogP contribution < -0.4 is 9.47 Å². The summed E-state index contributed by atoms with van der Waals surface area (Å²) in [5.74, 6) is 1.15. The summed E-state index contributed by atoms with van der Waals surface area (Å²) in [6.07, 6.45) is 4.00. The van der Waals surface area contributed by atoms with Gasteiger partial charge >= 0.3 is 5.97 Å². The molecule has 0 unspecified atom stereocenters. The first kappa shape index (κ1) is 23.8. The van der Waals surface area contributed by atoms with Crippen LogP contribution in [0.25, 0.3) is 12.2 Å². The fraction of sp³-hybridized carbons (Fsp3) is 0.129. The van der Waals surface area contributed by atoms with Gasteiger partial charge in [-0.15, -0.1) is 0 Å². The lowest BCUT2D eigenvalue weighted by Gasteiger charge is -2.12. The van der Waals surface area contributed by atoms with Crippen LogP contribution in [0, 0.1) is 0 Å². The van der Waals surface area contributed by atoms with Gasteiger partial charge in [0.1, 0.15) is 24.7 Å². The molecule has 4 aromatic carbocycles. The van der Waals surface area contributed by atoms with Crippen LogP contribution in [0.2, 0.25) is 0 Å². The summed E-state index contributed by atoms with van der Waals surface area (Å²) < 4.78 is 17.2. The average Bonchev–Trinajstić information content (AvgIpc) is 2.91. The number of hydrogen-bond donors (Lipinski definition) is 0. The topological polar surface area (TPSA) is 44.8 Å². The lowest BCUT2D eigenvalue weighted by atomic mass is 10.1. The van der Waals surface area contributed by atoms with Crippen molar-refractivity contribution < 1.29 is 19.0 Å². The minimum absolute atomic E-state index is 0.313. The third-order valence-electron chi connectivity index (χ3n) is 5.29. The summed E-state index contributed by atoms with van der Waals surface area (Å²) in [5, 5.41) is 0. The van der Waals surface area contributed by atoms with E-state index in [0.717, 1.165) is 33.8 Å². The Hall–Kier alpha value is -4.31. The molecule has 0 bridgehead atoms. The zero-order chi connectivity index (χ0) is 24.3. The minimum atomic E-state index is -0.313. The van der Waals surface area contributed by atoms with Crippen molar-refractivity contribution in [3.63, 3.8) is 0 Å². The van der Waals surface area contributed by atoms with Gasteiger partial charge in [0.25, 0.3) is 0 Å². The molecule has 4 nitrogen and oxygen atoms in total. The number of benzene rings is 4. The van der Waals surface area contributed by atoms with Gasteiger partial charge < -0.3 is 14.2 Å². The van der Waals surface area contributed by atoms with E-state index in [-0.39, 0.29) is 5.97 Å². The molecule has 4 heteroatoms. The van der Waals surface area contributed by atoms with Crippen LogP contribution in [-0.4, -0.2) is 12.6 Å². The average molecular weight is 465 g/mol. The molecule has 0 aliphatic carbocycles. The first-order valence-corrected chi connectivity index (χ1v) is 11.6. The number of ether oxygens (including phenoxy) is 3. The quantitative estimate of drug-likeness (QED) is 0.184. The minimum Gasteiger partial charge on any atom is -0.489 e. The molecule has 0 atom stereocenters. The molecule has 0 heterocycles. The monoisotopic (exact) mass is 464 g/mol. The maximum atomic E-state index is 11.9. The van der Waals surface area contributed by atoms with E-state index < -0.39 is 0 Å². The molecule has 0 saturated carbocycles. The van der Waals surface area contributed by atoms with Gasteiger partial charge in [-0.05, 0) is 53.4 Å². The number of carbonyl (C=O) groups excluding carboxylic acids is 1. The molecular weight excluding hydrogens is 436 g/mol. The van der Waals surface area contributed by atoms with Crippen molar-refractivity contribution in [2.75, 3.05) is 6.61 Å². The predicted molar refractivity (Wildman–Crippen MR) is 139 cm³/mol. The highest BCUT2D eigenvalue weighted by Crippen LogP contribution is 2.26. The van der Waals surface area contributed by atoms with Crippen LogP contribution in [0.3, 0.4) is 0 Å². The largest absolute Gasteiger partial charge is 0.489 e. The molecule has 35 heavy (non-hydrogen) atoms. The number of rotatable bonds is 10. The fourth-order valence-corrected chi connectivity index (χ4v) is 3.48. The highest BCUT2D eigenvalue weighted by atomic mass is 16.5.